The van der Waals surface area contributed by atoms with Crippen molar-refractivity contribution in [3.63, 3.8) is 0 Å². The van der Waals surface area contributed by atoms with Gasteiger partial charge in [0, 0.05) is 25.5 Å². The molecule has 1 aliphatic rings. The van der Waals surface area contributed by atoms with Crippen LogP contribution in [0.5, 0.6) is 0 Å². The first kappa shape index (κ1) is 13.6. The molecule has 0 aromatic carbocycles. The molecule has 6 heteroatoms. The Hall–Kier alpha value is -1.85. The lowest BCUT2D eigenvalue weighted by molar-refractivity contribution is -0.154. The number of rotatable bonds is 4. The second-order valence-corrected chi connectivity index (χ2v) is 5.02. The van der Waals surface area contributed by atoms with Gasteiger partial charge in [0.25, 0.3) is 0 Å². The zero-order valence-corrected chi connectivity index (χ0v) is 11.1. The SMILES string of the molecule is CCC1(C(=O)O)CCN(C(=O)Cn2cccn2)CC1. The molecule has 19 heavy (non-hydrogen) atoms. The van der Waals surface area contributed by atoms with E-state index >= 15 is 0 Å². The monoisotopic (exact) mass is 265 g/mol. The second kappa shape index (κ2) is 5.42. The third kappa shape index (κ3) is 2.77. The summed E-state index contributed by atoms with van der Waals surface area (Å²) in [6.45, 7) is 3.15. The summed E-state index contributed by atoms with van der Waals surface area (Å²) in [5.41, 5.74) is -0.650. The van der Waals surface area contributed by atoms with Crippen LogP contribution < -0.4 is 0 Å². The Labute approximate surface area is 112 Å². The van der Waals surface area contributed by atoms with E-state index in [2.05, 4.69) is 5.10 Å². The van der Waals surface area contributed by atoms with Crippen molar-refractivity contribution in [1.82, 2.24) is 14.7 Å². The van der Waals surface area contributed by atoms with Gasteiger partial charge in [-0.1, -0.05) is 6.92 Å². The first-order chi connectivity index (χ1) is 9.07. The second-order valence-electron chi connectivity index (χ2n) is 5.02. The van der Waals surface area contributed by atoms with Crippen molar-refractivity contribution in [2.75, 3.05) is 13.1 Å². The Bertz CT molecular complexity index is 448. The van der Waals surface area contributed by atoms with Gasteiger partial charge in [-0.15, -0.1) is 0 Å². The summed E-state index contributed by atoms with van der Waals surface area (Å²) < 4.78 is 1.58. The van der Waals surface area contributed by atoms with E-state index in [1.54, 1.807) is 28.0 Å². The van der Waals surface area contributed by atoms with E-state index in [4.69, 9.17) is 0 Å². The standard InChI is InChI=1S/C13H19N3O3/c1-2-13(12(18)19)4-8-15(9-5-13)11(17)10-16-7-3-6-14-16/h3,6-7H,2,4-5,8-10H2,1H3,(H,18,19). The molecule has 0 unspecified atom stereocenters. The lowest BCUT2D eigenvalue weighted by atomic mass is 9.76. The lowest BCUT2D eigenvalue weighted by Gasteiger charge is -2.38. The molecule has 1 saturated heterocycles. The maximum absolute atomic E-state index is 12.1. The average Bonchev–Trinajstić information content (AvgIpc) is 2.91. The first-order valence-corrected chi connectivity index (χ1v) is 6.56. The lowest BCUT2D eigenvalue weighted by Crippen LogP contribution is -2.47. The summed E-state index contributed by atoms with van der Waals surface area (Å²) in [6, 6.07) is 1.77. The van der Waals surface area contributed by atoms with Crippen molar-refractivity contribution in [2.24, 2.45) is 5.41 Å². The number of carboxylic acid groups (broad SMARTS) is 1. The van der Waals surface area contributed by atoms with E-state index in [1.807, 2.05) is 6.92 Å². The Morgan fingerprint density at radius 2 is 2.05 bits per heavy atom. The number of carboxylic acids is 1. The third-order valence-corrected chi connectivity index (χ3v) is 4.06. The fourth-order valence-corrected chi connectivity index (χ4v) is 2.54. The van der Waals surface area contributed by atoms with Gasteiger partial charge in [0.1, 0.15) is 6.54 Å². The molecule has 0 spiro atoms. The van der Waals surface area contributed by atoms with Crippen LogP contribution >= 0.6 is 0 Å². The fraction of sp³-hybridized carbons (Fsp3) is 0.615. The number of carbonyl (C=O) groups is 2. The van der Waals surface area contributed by atoms with E-state index in [-0.39, 0.29) is 12.5 Å². The summed E-state index contributed by atoms with van der Waals surface area (Å²) in [5.74, 6) is -0.743. The normalized spacial score (nSPS) is 18.3. The van der Waals surface area contributed by atoms with E-state index < -0.39 is 11.4 Å². The summed E-state index contributed by atoms with van der Waals surface area (Å²) in [6.07, 6.45) is 5.06. The molecule has 1 aliphatic heterocycles. The van der Waals surface area contributed by atoms with Crippen LogP contribution in [0.25, 0.3) is 0 Å². The molecule has 1 fully saturated rings. The first-order valence-electron chi connectivity index (χ1n) is 6.56. The highest BCUT2D eigenvalue weighted by Gasteiger charge is 2.40. The minimum Gasteiger partial charge on any atom is -0.481 e. The van der Waals surface area contributed by atoms with Gasteiger partial charge >= 0.3 is 5.97 Å². The molecule has 0 radical (unpaired) electrons. The minimum atomic E-state index is -0.742. The minimum absolute atomic E-state index is 0.00112. The molecule has 1 aromatic rings. The maximum Gasteiger partial charge on any atom is 0.309 e. The summed E-state index contributed by atoms with van der Waals surface area (Å²) in [5, 5.41) is 13.3. The molecule has 2 rings (SSSR count). The largest absolute Gasteiger partial charge is 0.481 e. The molecule has 1 aromatic heterocycles. The number of likely N-dealkylation sites (tertiary alicyclic amines) is 1. The molecule has 2 heterocycles. The van der Waals surface area contributed by atoms with Gasteiger partial charge in [0.05, 0.1) is 5.41 Å². The average molecular weight is 265 g/mol. The van der Waals surface area contributed by atoms with Gasteiger partial charge < -0.3 is 10.0 Å². The summed E-state index contributed by atoms with van der Waals surface area (Å²) >= 11 is 0. The number of amides is 1. The topological polar surface area (TPSA) is 75.4 Å². The van der Waals surface area contributed by atoms with Crippen LogP contribution in [0.2, 0.25) is 0 Å². The van der Waals surface area contributed by atoms with Crippen LogP contribution in [0.4, 0.5) is 0 Å². The zero-order chi connectivity index (χ0) is 13.9. The molecule has 0 saturated carbocycles. The van der Waals surface area contributed by atoms with E-state index in [0.717, 1.165) is 0 Å². The van der Waals surface area contributed by atoms with Gasteiger partial charge in [0.15, 0.2) is 0 Å². The van der Waals surface area contributed by atoms with Crippen molar-refractivity contribution in [3.05, 3.63) is 18.5 Å². The molecule has 6 nitrogen and oxygen atoms in total. The summed E-state index contributed by atoms with van der Waals surface area (Å²) in [7, 11) is 0. The molecule has 0 aliphatic carbocycles. The van der Waals surface area contributed by atoms with Crippen LogP contribution in [0.3, 0.4) is 0 Å². The van der Waals surface area contributed by atoms with Crippen LogP contribution in [-0.2, 0) is 16.1 Å². The number of nitrogens with zero attached hydrogens (tertiary/aromatic N) is 3. The van der Waals surface area contributed by atoms with Crippen LogP contribution in [0.1, 0.15) is 26.2 Å². The van der Waals surface area contributed by atoms with Crippen LogP contribution in [0, 0.1) is 5.41 Å². The van der Waals surface area contributed by atoms with Gasteiger partial charge in [-0.05, 0) is 25.3 Å². The van der Waals surface area contributed by atoms with Crippen molar-refractivity contribution in [2.45, 2.75) is 32.7 Å². The molecular weight excluding hydrogens is 246 g/mol. The molecule has 104 valence electrons. The van der Waals surface area contributed by atoms with E-state index in [9.17, 15) is 14.7 Å². The molecule has 0 bridgehead atoms. The molecule has 1 amide bonds. The third-order valence-electron chi connectivity index (χ3n) is 4.06. The van der Waals surface area contributed by atoms with Crippen LogP contribution in [0.15, 0.2) is 18.5 Å². The van der Waals surface area contributed by atoms with Crippen molar-refractivity contribution in [1.29, 1.82) is 0 Å². The molecular formula is C13H19N3O3. The Morgan fingerprint density at radius 3 is 2.53 bits per heavy atom. The Balaban J connectivity index is 1.92. The van der Waals surface area contributed by atoms with E-state index in [0.29, 0.717) is 32.4 Å². The number of aromatic nitrogens is 2. The highest BCUT2D eigenvalue weighted by atomic mass is 16.4. The number of hydrogen-bond donors (Lipinski definition) is 1. The highest BCUT2D eigenvalue weighted by Crippen LogP contribution is 2.35. The number of hydrogen-bond acceptors (Lipinski definition) is 3. The quantitative estimate of drug-likeness (QED) is 0.880. The Morgan fingerprint density at radius 1 is 1.37 bits per heavy atom. The van der Waals surface area contributed by atoms with Crippen molar-refractivity contribution < 1.29 is 14.7 Å². The molecule has 0 atom stereocenters. The number of carbonyl (C=O) groups excluding carboxylic acids is 1. The fourth-order valence-electron chi connectivity index (χ4n) is 2.54. The van der Waals surface area contributed by atoms with Gasteiger partial charge in [-0.25, -0.2) is 0 Å². The predicted octanol–water partition coefficient (Wildman–Crippen LogP) is 0.986. The number of piperidine rings is 1. The molecule has 1 N–H and O–H groups in total. The number of aliphatic carboxylic acids is 1. The van der Waals surface area contributed by atoms with Crippen LogP contribution in [-0.4, -0.2) is 44.8 Å². The van der Waals surface area contributed by atoms with Gasteiger partial charge in [0.2, 0.25) is 5.91 Å². The predicted molar refractivity (Wildman–Crippen MR) is 68.4 cm³/mol. The Kier molecular flexibility index (Phi) is 3.87. The van der Waals surface area contributed by atoms with Gasteiger partial charge in [-0.2, -0.15) is 5.10 Å². The maximum atomic E-state index is 12.1. The van der Waals surface area contributed by atoms with Gasteiger partial charge in [-0.3, -0.25) is 14.3 Å². The zero-order valence-electron chi connectivity index (χ0n) is 11.1. The van der Waals surface area contributed by atoms with Crippen molar-refractivity contribution in [3.8, 4) is 0 Å². The smallest absolute Gasteiger partial charge is 0.309 e. The highest BCUT2D eigenvalue weighted by molar-refractivity contribution is 5.78. The van der Waals surface area contributed by atoms with Crippen molar-refractivity contribution >= 4 is 11.9 Å². The summed E-state index contributed by atoms with van der Waals surface area (Å²) in [4.78, 5) is 25.1. The van der Waals surface area contributed by atoms with E-state index in [1.165, 1.54) is 0 Å².